The first kappa shape index (κ1) is 12.3. The largest absolute Gasteiger partial charge is 0.465 e. The highest BCUT2D eigenvalue weighted by atomic mass is 79.9. The summed E-state index contributed by atoms with van der Waals surface area (Å²) in [4.78, 5) is 16.6. The minimum absolute atomic E-state index is 0.0487. The highest BCUT2D eigenvalue weighted by molar-refractivity contribution is 9.10. The van der Waals surface area contributed by atoms with E-state index in [-0.39, 0.29) is 6.04 Å². The summed E-state index contributed by atoms with van der Waals surface area (Å²) in [6.07, 6.45) is -0.125. The lowest BCUT2D eigenvalue weighted by atomic mass is 10.3. The van der Waals surface area contributed by atoms with Crippen LogP contribution in [0.25, 0.3) is 11.1 Å². The van der Waals surface area contributed by atoms with E-state index < -0.39 is 6.09 Å². The summed E-state index contributed by atoms with van der Waals surface area (Å²) < 4.78 is 6.51. The first-order chi connectivity index (χ1) is 9.11. The third-order valence-electron chi connectivity index (χ3n) is 3.14. The topological polar surface area (TPSA) is 78.6 Å². The van der Waals surface area contributed by atoms with Gasteiger partial charge in [-0.05, 0) is 24.6 Å². The van der Waals surface area contributed by atoms with Crippen LogP contribution in [0.2, 0.25) is 0 Å². The average Bonchev–Trinajstić information content (AvgIpc) is 2.95. The summed E-state index contributed by atoms with van der Waals surface area (Å²) >= 11 is 3.38. The predicted octanol–water partition coefficient (Wildman–Crippen LogP) is 2.75. The number of nitrogens with one attached hydrogen (secondary N) is 1. The van der Waals surface area contributed by atoms with Crippen molar-refractivity contribution in [3.8, 4) is 0 Å². The van der Waals surface area contributed by atoms with Gasteiger partial charge in [-0.3, -0.25) is 0 Å². The molecule has 0 radical (unpaired) electrons. The van der Waals surface area contributed by atoms with Crippen molar-refractivity contribution < 1.29 is 14.3 Å². The molecule has 1 aromatic carbocycles. The van der Waals surface area contributed by atoms with E-state index in [0.29, 0.717) is 24.7 Å². The first-order valence-electron chi connectivity index (χ1n) is 5.92. The molecule has 1 amide bonds. The quantitative estimate of drug-likeness (QED) is 0.887. The number of amides is 1. The van der Waals surface area contributed by atoms with Crippen LogP contribution in [-0.4, -0.2) is 40.2 Å². The molecule has 2 aromatic rings. The number of anilines is 1. The molecule has 1 fully saturated rings. The van der Waals surface area contributed by atoms with Gasteiger partial charge in [0.1, 0.15) is 5.52 Å². The standard InChI is InChI=1S/C12H12BrN3O3/c13-7-1-2-10-9(5-7)15-11(19-10)14-8-3-4-16(6-8)12(17)18/h1-2,5,8H,3-4,6H2,(H,14,15)(H,17,18)/t8-/m0/s1. The Kier molecular flexibility index (Phi) is 3.06. The molecule has 6 nitrogen and oxygen atoms in total. The van der Waals surface area contributed by atoms with Gasteiger partial charge in [-0.2, -0.15) is 4.98 Å². The van der Waals surface area contributed by atoms with Crippen LogP contribution in [0.1, 0.15) is 6.42 Å². The van der Waals surface area contributed by atoms with Gasteiger partial charge in [0.05, 0.1) is 0 Å². The van der Waals surface area contributed by atoms with Gasteiger partial charge in [0.2, 0.25) is 0 Å². The molecule has 1 aromatic heterocycles. The normalized spacial score (nSPS) is 19.0. The van der Waals surface area contributed by atoms with Crippen molar-refractivity contribution in [2.75, 3.05) is 18.4 Å². The molecule has 7 heteroatoms. The van der Waals surface area contributed by atoms with E-state index in [1.807, 2.05) is 18.2 Å². The Morgan fingerprint density at radius 2 is 2.42 bits per heavy atom. The van der Waals surface area contributed by atoms with E-state index >= 15 is 0 Å². The molecule has 19 heavy (non-hydrogen) atoms. The molecule has 0 spiro atoms. The molecule has 2 N–H and O–H groups in total. The molecular formula is C12H12BrN3O3. The lowest BCUT2D eigenvalue weighted by Crippen LogP contribution is -2.30. The molecule has 0 bridgehead atoms. The second-order valence-corrected chi connectivity index (χ2v) is 5.41. The zero-order valence-electron chi connectivity index (χ0n) is 9.97. The number of likely N-dealkylation sites (tertiary alicyclic amines) is 1. The molecule has 0 saturated carbocycles. The van der Waals surface area contributed by atoms with E-state index in [2.05, 4.69) is 26.2 Å². The number of halogens is 1. The van der Waals surface area contributed by atoms with E-state index in [4.69, 9.17) is 9.52 Å². The van der Waals surface area contributed by atoms with Crippen LogP contribution in [-0.2, 0) is 0 Å². The van der Waals surface area contributed by atoms with Crippen LogP contribution < -0.4 is 5.32 Å². The summed E-state index contributed by atoms with van der Waals surface area (Å²) in [7, 11) is 0. The Bertz CT molecular complexity index is 628. The van der Waals surface area contributed by atoms with Crippen LogP contribution in [0, 0.1) is 0 Å². The Morgan fingerprint density at radius 3 is 3.16 bits per heavy atom. The molecule has 1 saturated heterocycles. The average molecular weight is 326 g/mol. The molecular weight excluding hydrogens is 314 g/mol. The van der Waals surface area contributed by atoms with Gasteiger partial charge in [-0.15, -0.1) is 0 Å². The van der Waals surface area contributed by atoms with E-state index in [1.165, 1.54) is 4.90 Å². The number of fused-ring (bicyclic) bond motifs is 1. The number of rotatable bonds is 2. The molecule has 1 aliphatic rings. The van der Waals surface area contributed by atoms with Gasteiger partial charge >= 0.3 is 6.09 Å². The lowest BCUT2D eigenvalue weighted by molar-refractivity contribution is 0.155. The summed E-state index contributed by atoms with van der Waals surface area (Å²) in [5.74, 6) is 0. The van der Waals surface area contributed by atoms with E-state index in [0.717, 1.165) is 16.4 Å². The Morgan fingerprint density at radius 1 is 1.58 bits per heavy atom. The Hall–Kier alpha value is -1.76. The van der Waals surface area contributed by atoms with Gasteiger partial charge in [0.15, 0.2) is 5.58 Å². The summed E-state index contributed by atoms with van der Waals surface area (Å²) in [6.45, 7) is 0.997. The Labute approximate surface area is 117 Å². The molecule has 100 valence electrons. The third-order valence-corrected chi connectivity index (χ3v) is 3.63. The van der Waals surface area contributed by atoms with E-state index in [1.54, 1.807) is 0 Å². The Balaban J connectivity index is 1.73. The SMILES string of the molecule is O=C(O)N1CC[C@H](Nc2nc3cc(Br)ccc3o2)C1. The predicted molar refractivity (Wildman–Crippen MR) is 73.3 cm³/mol. The van der Waals surface area contributed by atoms with Crippen LogP contribution in [0.5, 0.6) is 0 Å². The van der Waals surface area contributed by atoms with Crippen molar-refractivity contribution in [3.63, 3.8) is 0 Å². The fraction of sp³-hybridized carbons (Fsp3) is 0.333. The number of oxazole rings is 1. The molecule has 0 aliphatic carbocycles. The molecule has 0 unspecified atom stereocenters. The molecule has 1 atom stereocenters. The van der Waals surface area contributed by atoms with Gasteiger partial charge in [0, 0.05) is 23.6 Å². The number of aromatic nitrogens is 1. The number of nitrogens with zero attached hydrogens (tertiary/aromatic N) is 2. The maximum absolute atomic E-state index is 10.8. The van der Waals surface area contributed by atoms with Crippen LogP contribution in [0.4, 0.5) is 10.8 Å². The van der Waals surface area contributed by atoms with Crippen molar-refractivity contribution >= 4 is 39.1 Å². The minimum atomic E-state index is -0.884. The third kappa shape index (κ3) is 2.51. The number of hydrogen-bond acceptors (Lipinski definition) is 4. The maximum atomic E-state index is 10.8. The maximum Gasteiger partial charge on any atom is 0.407 e. The second kappa shape index (κ2) is 4.73. The van der Waals surface area contributed by atoms with Crippen LogP contribution >= 0.6 is 15.9 Å². The monoisotopic (exact) mass is 325 g/mol. The fourth-order valence-electron chi connectivity index (χ4n) is 2.19. The first-order valence-corrected chi connectivity index (χ1v) is 6.71. The molecule has 1 aliphatic heterocycles. The number of benzene rings is 1. The van der Waals surface area contributed by atoms with Gasteiger partial charge in [-0.1, -0.05) is 15.9 Å². The highest BCUT2D eigenvalue weighted by Crippen LogP contribution is 2.24. The highest BCUT2D eigenvalue weighted by Gasteiger charge is 2.26. The number of carbonyl (C=O) groups is 1. The van der Waals surface area contributed by atoms with Crippen molar-refractivity contribution in [1.82, 2.24) is 9.88 Å². The van der Waals surface area contributed by atoms with Gasteiger partial charge < -0.3 is 19.7 Å². The van der Waals surface area contributed by atoms with Crippen molar-refractivity contribution in [2.24, 2.45) is 0 Å². The van der Waals surface area contributed by atoms with Crippen LogP contribution in [0.3, 0.4) is 0 Å². The smallest absolute Gasteiger partial charge is 0.407 e. The number of hydrogen-bond donors (Lipinski definition) is 2. The number of carboxylic acid groups (broad SMARTS) is 1. The van der Waals surface area contributed by atoms with Crippen molar-refractivity contribution in [3.05, 3.63) is 22.7 Å². The van der Waals surface area contributed by atoms with Crippen LogP contribution in [0.15, 0.2) is 27.1 Å². The zero-order valence-corrected chi connectivity index (χ0v) is 11.6. The molecule has 3 rings (SSSR count). The minimum Gasteiger partial charge on any atom is -0.465 e. The van der Waals surface area contributed by atoms with Crippen molar-refractivity contribution in [2.45, 2.75) is 12.5 Å². The summed E-state index contributed by atoms with van der Waals surface area (Å²) in [6, 6.07) is 6.09. The second-order valence-electron chi connectivity index (χ2n) is 4.49. The fourth-order valence-corrected chi connectivity index (χ4v) is 2.54. The molecule has 2 heterocycles. The van der Waals surface area contributed by atoms with Gasteiger partial charge in [-0.25, -0.2) is 4.79 Å². The van der Waals surface area contributed by atoms with Gasteiger partial charge in [0.25, 0.3) is 6.01 Å². The summed E-state index contributed by atoms with van der Waals surface area (Å²) in [5, 5.41) is 12.0. The van der Waals surface area contributed by atoms with E-state index in [9.17, 15) is 4.79 Å². The van der Waals surface area contributed by atoms with Crippen molar-refractivity contribution in [1.29, 1.82) is 0 Å². The lowest BCUT2D eigenvalue weighted by Gasteiger charge is -2.12. The zero-order chi connectivity index (χ0) is 13.4. The summed E-state index contributed by atoms with van der Waals surface area (Å²) in [5.41, 5.74) is 1.48.